The maximum atomic E-state index is 11.2. The predicted molar refractivity (Wildman–Crippen MR) is 115 cm³/mol. The molecule has 1 aliphatic rings. The quantitative estimate of drug-likeness (QED) is 0.621. The number of likely N-dealkylation sites (tertiary alicyclic amines) is 1. The second kappa shape index (κ2) is 8.78. The summed E-state index contributed by atoms with van der Waals surface area (Å²) in [6.07, 6.45) is 10.9. The van der Waals surface area contributed by atoms with Gasteiger partial charge >= 0.3 is 5.97 Å². The fraction of sp³-hybridized carbons (Fsp3) is 0.417. The minimum atomic E-state index is -0.862. The molecule has 0 bridgehead atoms. The first-order valence-electron chi connectivity index (χ1n) is 10.6. The van der Waals surface area contributed by atoms with Crippen LogP contribution in [0.3, 0.4) is 0 Å². The van der Waals surface area contributed by atoms with Crippen LogP contribution in [0.1, 0.15) is 60.0 Å². The molecular weight excluding hydrogens is 362 g/mol. The van der Waals surface area contributed by atoms with Gasteiger partial charge in [0.05, 0.1) is 17.3 Å². The van der Waals surface area contributed by atoms with Crippen molar-refractivity contribution < 1.29 is 9.90 Å². The molecule has 0 atom stereocenters. The van der Waals surface area contributed by atoms with Gasteiger partial charge in [-0.15, -0.1) is 0 Å². The monoisotopic (exact) mass is 391 g/mol. The maximum absolute atomic E-state index is 11.2. The van der Waals surface area contributed by atoms with Crippen LogP contribution in [0.5, 0.6) is 0 Å². The van der Waals surface area contributed by atoms with Gasteiger partial charge in [-0.05, 0) is 67.6 Å². The summed E-state index contributed by atoms with van der Waals surface area (Å²) >= 11 is 0. The van der Waals surface area contributed by atoms with Crippen molar-refractivity contribution in [3.8, 4) is 0 Å². The minimum absolute atomic E-state index is 0.367. The Morgan fingerprint density at radius 2 is 2.07 bits per heavy atom. The molecular formula is C24H29N3O2. The number of fused-ring (bicyclic) bond motifs is 1. The summed E-state index contributed by atoms with van der Waals surface area (Å²) in [6.45, 7) is 6.17. The Kier molecular flexibility index (Phi) is 5.95. The van der Waals surface area contributed by atoms with Gasteiger partial charge in [-0.1, -0.05) is 25.5 Å². The SMILES string of the molecule is CCCCn1cc(C2CCN(Cc3cccc(C(=O)O)c3)CC2)c2ccncc21. The van der Waals surface area contributed by atoms with Crippen LogP contribution in [-0.2, 0) is 13.1 Å². The second-order valence-electron chi connectivity index (χ2n) is 8.08. The lowest BCUT2D eigenvalue weighted by molar-refractivity contribution is 0.0696. The fourth-order valence-corrected chi connectivity index (χ4v) is 4.47. The molecule has 4 rings (SSSR count). The average Bonchev–Trinajstić information content (AvgIpc) is 3.12. The van der Waals surface area contributed by atoms with E-state index in [-0.39, 0.29) is 0 Å². The Morgan fingerprint density at radius 1 is 1.24 bits per heavy atom. The first kappa shape index (κ1) is 19.6. The van der Waals surface area contributed by atoms with E-state index in [1.807, 2.05) is 24.5 Å². The van der Waals surface area contributed by atoms with Crippen LogP contribution < -0.4 is 0 Å². The Hall–Kier alpha value is -2.66. The zero-order chi connectivity index (χ0) is 20.2. The number of hydrogen-bond donors (Lipinski definition) is 1. The highest BCUT2D eigenvalue weighted by Gasteiger charge is 2.24. The van der Waals surface area contributed by atoms with Crippen molar-refractivity contribution in [3.63, 3.8) is 0 Å². The molecule has 152 valence electrons. The van der Waals surface area contributed by atoms with Gasteiger partial charge in [0, 0.05) is 30.9 Å². The number of carbonyl (C=O) groups is 1. The number of benzene rings is 1. The van der Waals surface area contributed by atoms with Crippen molar-refractivity contribution in [2.24, 2.45) is 0 Å². The van der Waals surface area contributed by atoms with Crippen LogP contribution in [0.15, 0.2) is 48.9 Å². The number of nitrogens with zero attached hydrogens (tertiary/aromatic N) is 3. The van der Waals surface area contributed by atoms with Crippen LogP contribution in [0.4, 0.5) is 0 Å². The molecule has 2 aromatic heterocycles. The van der Waals surface area contributed by atoms with E-state index in [0.717, 1.165) is 44.6 Å². The highest BCUT2D eigenvalue weighted by molar-refractivity contribution is 5.87. The molecule has 1 fully saturated rings. The summed E-state index contributed by atoms with van der Waals surface area (Å²) in [6, 6.07) is 9.47. The molecule has 5 heteroatoms. The highest BCUT2D eigenvalue weighted by atomic mass is 16.4. The molecule has 1 aromatic carbocycles. The summed E-state index contributed by atoms with van der Waals surface area (Å²) in [5, 5.41) is 10.5. The zero-order valence-corrected chi connectivity index (χ0v) is 17.1. The normalized spacial score (nSPS) is 15.8. The summed E-state index contributed by atoms with van der Waals surface area (Å²) in [5.41, 5.74) is 4.16. The van der Waals surface area contributed by atoms with Crippen molar-refractivity contribution in [1.82, 2.24) is 14.5 Å². The molecule has 0 saturated carbocycles. The standard InChI is InChI=1S/C24H29N3O2/c1-2-3-11-27-17-22(21-7-10-25-15-23(21)27)19-8-12-26(13-9-19)16-18-5-4-6-20(14-18)24(28)29/h4-7,10,14-15,17,19H,2-3,8-9,11-13,16H2,1H3,(H,28,29). The van der Waals surface area contributed by atoms with Crippen molar-refractivity contribution in [1.29, 1.82) is 0 Å². The van der Waals surface area contributed by atoms with Crippen LogP contribution >= 0.6 is 0 Å². The number of unbranched alkanes of at least 4 members (excludes halogenated alkanes) is 1. The van der Waals surface area contributed by atoms with Crippen LogP contribution in [0.2, 0.25) is 0 Å². The van der Waals surface area contributed by atoms with E-state index in [2.05, 4.69) is 33.6 Å². The van der Waals surface area contributed by atoms with E-state index in [4.69, 9.17) is 0 Å². The Labute approximate surface area is 172 Å². The van der Waals surface area contributed by atoms with Crippen molar-refractivity contribution in [2.75, 3.05) is 13.1 Å². The van der Waals surface area contributed by atoms with Gasteiger partial charge in [0.2, 0.25) is 0 Å². The lowest BCUT2D eigenvalue weighted by Gasteiger charge is -2.32. The third-order valence-corrected chi connectivity index (χ3v) is 6.08. The summed E-state index contributed by atoms with van der Waals surface area (Å²) in [5.74, 6) is -0.288. The molecule has 0 radical (unpaired) electrons. The van der Waals surface area contributed by atoms with Crippen LogP contribution in [-0.4, -0.2) is 38.6 Å². The zero-order valence-electron chi connectivity index (χ0n) is 17.1. The molecule has 3 aromatic rings. The van der Waals surface area contributed by atoms with E-state index in [1.54, 1.807) is 12.1 Å². The maximum Gasteiger partial charge on any atom is 0.335 e. The van der Waals surface area contributed by atoms with E-state index in [1.165, 1.54) is 29.3 Å². The van der Waals surface area contributed by atoms with Gasteiger partial charge in [-0.25, -0.2) is 4.79 Å². The Balaban J connectivity index is 1.45. The minimum Gasteiger partial charge on any atom is -0.478 e. The number of aromatic nitrogens is 2. The van der Waals surface area contributed by atoms with Gasteiger partial charge in [0.15, 0.2) is 0 Å². The summed E-state index contributed by atoms with van der Waals surface area (Å²) in [4.78, 5) is 18.0. The highest BCUT2D eigenvalue weighted by Crippen LogP contribution is 2.34. The lowest BCUT2D eigenvalue weighted by atomic mass is 9.89. The molecule has 0 amide bonds. The van der Waals surface area contributed by atoms with E-state index < -0.39 is 5.97 Å². The number of piperidine rings is 1. The lowest BCUT2D eigenvalue weighted by Crippen LogP contribution is -2.32. The third kappa shape index (κ3) is 4.35. The molecule has 3 heterocycles. The molecule has 1 aliphatic heterocycles. The molecule has 1 N–H and O–H groups in total. The molecule has 1 saturated heterocycles. The van der Waals surface area contributed by atoms with E-state index in [0.29, 0.717) is 11.5 Å². The Morgan fingerprint density at radius 3 is 2.83 bits per heavy atom. The molecule has 0 aliphatic carbocycles. The average molecular weight is 392 g/mol. The smallest absolute Gasteiger partial charge is 0.335 e. The van der Waals surface area contributed by atoms with Crippen LogP contribution in [0.25, 0.3) is 10.9 Å². The number of carboxylic acids is 1. The van der Waals surface area contributed by atoms with Gasteiger partial charge < -0.3 is 9.67 Å². The van der Waals surface area contributed by atoms with Crippen molar-refractivity contribution in [3.05, 3.63) is 65.6 Å². The first-order valence-corrected chi connectivity index (χ1v) is 10.6. The number of aryl methyl sites for hydroxylation is 1. The topological polar surface area (TPSA) is 58.4 Å². The number of aromatic carboxylic acids is 1. The predicted octanol–water partition coefficient (Wildman–Crippen LogP) is 4.91. The summed E-state index contributed by atoms with van der Waals surface area (Å²) < 4.78 is 2.38. The van der Waals surface area contributed by atoms with Gasteiger partial charge in [-0.2, -0.15) is 0 Å². The van der Waals surface area contributed by atoms with Gasteiger partial charge in [0.25, 0.3) is 0 Å². The largest absolute Gasteiger partial charge is 0.478 e. The molecule has 5 nitrogen and oxygen atoms in total. The molecule has 0 unspecified atom stereocenters. The Bertz CT molecular complexity index is 987. The van der Waals surface area contributed by atoms with E-state index >= 15 is 0 Å². The number of carboxylic acid groups (broad SMARTS) is 1. The number of rotatable bonds is 7. The number of pyridine rings is 1. The summed E-state index contributed by atoms with van der Waals surface area (Å²) in [7, 11) is 0. The third-order valence-electron chi connectivity index (χ3n) is 6.08. The van der Waals surface area contributed by atoms with E-state index in [9.17, 15) is 9.90 Å². The fourth-order valence-electron chi connectivity index (χ4n) is 4.47. The van der Waals surface area contributed by atoms with Crippen molar-refractivity contribution >= 4 is 16.9 Å². The van der Waals surface area contributed by atoms with Crippen LogP contribution in [0, 0.1) is 0 Å². The second-order valence-corrected chi connectivity index (χ2v) is 8.08. The van der Waals surface area contributed by atoms with Crippen molar-refractivity contribution in [2.45, 2.75) is 51.6 Å². The van der Waals surface area contributed by atoms with Gasteiger partial charge in [-0.3, -0.25) is 9.88 Å². The number of hydrogen-bond acceptors (Lipinski definition) is 3. The van der Waals surface area contributed by atoms with Gasteiger partial charge in [0.1, 0.15) is 0 Å². The molecule has 0 spiro atoms. The first-order chi connectivity index (χ1) is 14.2. The molecule has 29 heavy (non-hydrogen) atoms.